The number of carbonyl (C=O) groups is 1. The molecule has 0 aliphatic heterocycles. The van der Waals surface area contributed by atoms with Crippen LogP contribution in [0, 0.1) is 6.92 Å². The van der Waals surface area contributed by atoms with Crippen molar-refractivity contribution >= 4 is 6.09 Å². The summed E-state index contributed by atoms with van der Waals surface area (Å²) in [5, 5.41) is 18.2. The van der Waals surface area contributed by atoms with Gasteiger partial charge in [0.2, 0.25) is 0 Å². The zero-order chi connectivity index (χ0) is 11.1. The van der Waals surface area contributed by atoms with Crippen molar-refractivity contribution in [3.05, 3.63) is 6.92 Å². The predicted molar refractivity (Wildman–Crippen MR) is 51.6 cm³/mol. The Hall–Kier alpha value is -0.810. The summed E-state index contributed by atoms with van der Waals surface area (Å²) < 4.78 is 4.66. The second kappa shape index (κ2) is 6.62. The first-order valence-electron chi connectivity index (χ1n) is 4.54. The third-order valence-corrected chi connectivity index (χ3v) is 1.45. The molecule has 2 N–H and O–H groups in total. The number of aliphatic hydroxyl groups is 2. The highest BCUT2D eigenvalue weighted by Gasteiger charge is 2.17. The quantitative estimate of drug-likeness (QED) is 0.662. The summed E-state index contributed by atoms with van der Waals surface area (Å²) in [4.78, 5) is 12.5. The second-order valence-corrected chi connectivity index (χ2v) is 3.22. The number of rotatable bonds is 5. The molecule has 0 saturated carbocycles. The van der Waals surface area contributed by atoms with Gasteiger partial charge < -0.3 is 19.8 Å². The Labute approximate surface area is 84.3 Å². The van der Waals surface area contributed by atoms with Crippen LogP contribution < -0.4 is 0 Å². The van der Waals surface area contributed by atoms with Crippen molar-refractivity contribution < 1.29 is 19.7 Å². The van der Waals surface area contributed by atoms with Crippen LogP contribution in [-0.4, -0.2) is 53.1 Å². The monoisotopic (exact) mass is 204 g/mol. The lowest BCUT2D eigenvalue weighted by atomic mass is 10.3. The van der Waals surface area contributed by atoms with E-state index in [1.54, 1.807) is 13.8 Å². The van der Waals surface area contributed by atoms with Crippen LogP contribution in [0.4, 0.5) is 4.79 Å². The minimum atomic E-state index is -0.647. The fourth-order valence-electron chi connectivity index (χ4n) is 1.04. The Kier molecular flexibility index (Phi) is 6.23. The molecule has 0 aliphatic rings. The molecular formula is C9H18NO4. The molecule has 14 heavy (non-hydrogen) atoms. The number of aliphatic hydroxyl groups excluding tert-OH is 2. The minimum absolute atomic E-state index is 0.0367. The van der Waals surface area contributed by atoms with E-state index in [1.165, 1.54) is 4.90 Å². The van der Waals surface area contributed by atoms with Gasteiger partial charge in [-0.3, -0.25) is 0 Å². The molecule has 0 heterocycles. The fourth-order valence-corrected chi connectivity index (χ4v) is 1.04. The summed E-state index contributed by atoms with van der Waals surface area (Å²) in [5.74, 6) is 0. The third-order valence-electron chi connectivity index (χ3n) is 1.45. The summed E-state index contributed by atoms with van der Waals surface area (Å²) in [7, 11) is 0. The zero-order valence-electron chi connectivity index (χ0n) is 8.64. The third kappa shape index (κ3) is 5.77. The number of carbonyl (C=O) groups excluding carboxylic acids is 1. The molecule has 83 valence electrons. The summed E-state index contributed by atoms with van der Waals surface area (Å²) in [5.41, 5.74) is 0. The summed E-state index contributed by atoms with van der Waals surface area (Å²) >= 11 is 0. The Bertz CT molecular complexity index is 160. The minimum Gasteiger partial charge on any atom is -0.449 e. The highest BCUT2D eigenvalue weighted by Crippen LogP contribution is 1.99. The van der Waals surface area contributed by atoms with Crippen molar-refractivity contribution in [2.45, 2.75) is 26.1 Å². The van der Waals surface area contributed by atoms with Crippen LogP contribution in [0.1, 0.15) is 13.8 Å². The first-order valence-corrected chi connectivity index (χ1v) is 4.54. The van der Waals surface area contributed by atoms with Crippen molar-refractivity contribution in [3.63, 3.8) is 0 Å². The molecule has 5 heteroatoms. The van der Waals surface area contributed by atoms with Gasteiger partial charge in [0, 0.05) is 13.1 Å². The second-order valence-electron chi connectivity index (χ2n) is 3.22. The van der Waals surface area contributed by atoms with Crippen LogP contribution in [-0.2, 0) is 4.74 Å². The van der Waals surface area contributed by atoms with Crippen LogP contribution in [0.3, 0.4) is 0 Å². The summed E-state index contributed by atoms with van der Waals surface area (Å²) in [6.07, 6.45) is -1.86. The molecule has 1 amide bonds. The van der Waals surface area contributed by atoms with Crippen LogP contribution in [0.15, 0.2) is 0 Å². The molecule has 0 aromatic carbocycles. The van der Waals surface area contributed by atoms with Gasteiger partial charge in [-0.2, -0.15) is 0 Å². The van der Waals surface area contributed by atoms with Crippen LogP contribution in [0.5, 0.6) is 0 Å². The molecule has 0 saturated heterocycles. The maximum absolute atomic E-state index is 11.3. The van der Waals surface area contributed by atoms with E-state index in [2.05, 4.69) is 11.7 Å². The normalized spacial score (nSPS) is 14.6. The molecule has 0 rings (SSSR count). The zero-order valence-corrected chi connectivity index (χ0v) is 8.64. The largest absolute Gasteiger partial charge is 0.449 e. The van der Waals surface area contributed by atoms with Crippen molar-refractivity contribution in [1.82, 2.24) is 4.90 Å². The lowest BCUT2D eigenvalue weighted by molar-refractivity contribution is 0.0603. The maximum Gasteiger partial charge on any atom is 0.409 e. The van der Waals surface area contributed by atoms with E-state index in [4.69, 9.17) is 10.2 Å². The molecule has 2 unspecified atom stereocenters. The molecule has 0 aromatic heterocycles. The van der Waals surface area contributed by atoms with E-state index in [9.17, 15) is 4.79 Å². The lowest BCUT2D eigenvalue weighted by Crippen LogP contribution is -2.41. The maximum atomic E-state index is 11.3. The first kappa shape index (κ1) is 13.2. The van der Waals surface area contributed by atoms with E-state index < -0.39 is 18.3 Å². The Morgan fingerprint density at radius 2 is 1.79 bits per heavy atom. The van der Waals surface area contributed by atoms with Gasteiger partial charge in [0.25, 0.3) is 0 Å². The predicted octanol–water partition coefficient (Wildman–Crippen LogP) is 0.0207. The molecular weight excluding hydrogens is 186 g/mol. The average molecular weight is 204 g/mol. The van der Waals surface area contributed by atoms with Crippen LogP contribution in [0.2, 0.25) is 0 Å². The van der Waals surface area contributed by atoms with Gasteiger partial charge in [-0.15, -0.1) is 0 Å². The van der Waals surface area contributed by atoms with Crippen LogP contribution in [0.25, 0.3) is 0 Å². The van der Waals surface area contributed by atoms with E-state index in [0.717, 1.165) is 0 Å². The summed E-state index contributed by atoms with van der Waals surface area (Å²) in [6, 6.07) is 0. The number of hydrogen-bond acceptors (Lipinski definition) is 4. The molecule has 0 fully saturated rings. The van der Waals surface area contributed by atoms with Gasteiger partial charge in [0.1, 0.15) is 0 Å². The number of nitrogens with zero attached hydrogens (tertiary/aromatic N) is 1. The molecule has 0 spiro atoms. The first-order chi connectivity index (χ1) is 6.47. The van der Waals surface area contributed by atoms with Crippen molar-refractivity contribution in [3.8, 4) is 0 Å². The van der Waals surface area contributed by atoms with E-state index in [-0.39, 0.29) is 19.7 Å². The molecule has 1 radical (unpaired) electrons. The molecule has 5 nitrogen and oxygen atoms in total. The number of amides is 1. The molecule has 2 atom stereocenters. The summed E-state index contributed by atoms with van der Waals surface area (Å²) in [6.45, 7) is 6.82. The Morgan fingerprint density at radius 3 is 2.07 bits per heavy atom. The van der Waals surface area contributed by atoms with E-state index in [0.29, 0.717) is 0 Å². The molecule has 0 bridgehead atoms. The van der Waals surface area contributed by atoms with Crippen molar-refractivity contribution in [1.29, 1.82) is 0 Å². The van der Waals surface area contributed by atoms with Crippen LogP contribution >= 0.6 is 0 Å². The Balaban J connectivity index is 4.15. The smallest absolute Gasteiger partial charge is 0.409 e. The van der Waals surface area contributed by atoms with Gasteiger partial charge in [0.15, 0.2) is 0 Å². The average Bonchev–Trinajstić information content (AvgIpc) is 2.01. The highest BCUT2D eigenvalue weighted by atomic mass is 16.6. The van der Waals surface area contributed by atoms with Gasteiger partial charge in [-0.1, -0.05) is 0 Å². The van der Waals surface area contributed by atoms with E-state index in [1.807, 2.05) is 0 Å². The molecule has 0 aromatic rings. The number of ether oxygens (including phenoxy) is 1. The molecule has 0 aliphatic carbocycles. The topological polar surface area (TPSA) is 70.0 Å². The fraction of sp³-hybridized carbons (Fsp3) is 0.778. The van der Waals surface area contributed by atoms with Gasteiger partial charge in [-0.25, -0.2) is 4.79 Å². The van der Waals surface area contributed by atoms with Gasteiger partial charge >= 0.3 is 6.09 Å². The van der Waals surface area contributed by atoms with E-state index >= 15 is 0 Å². The van der Waals surface area contributed by atoms with Gasteiger partial charge in [-0.05, 0) is 20.8 Å². The lowest BCUT2D eigenvalue weighted by Gasteiger charge is -2.24. The van der Waals surface area contributed by atoms with Gasteiger partial charge in [0.05, 0.1) is 18.8 Å². The SMILES string of the molecule is [CH2]COC(=O)N(CC(C)O)CC(C)O. The van der Waals surface area contributed by atoms with Crippen molar-refractivity contribution in [2.24, 2.45) is 0 Å². The highest BCUT2D eigenvalue weighted by molar-refractivity contribution is 5.67. The number of hydrogen-bond donors (Lipinski definition) is 2. The van der Waals surface area contributed by atoms with Crippen molar-refractivity contribution in [2.75, 3.05) is 19.7 Å². The standard InChI is InChI=1S/C9H18NO4/c1-4-14-9(13)10(5-7(2)11)6-8(3)12/h7-8,11-12H,1,4-6H2,2-3H3. The Morgan fingerprint density at radius 1 is 1.36 bits per heavy atom.